The smallest absolute Gasteiger partial charge is 0.144 e. The molecule has 0 saturated carbocycles. The molecule has 76 valence electrons. The third-order valence-corrected chi connectivity index (χ3v) is 3.14. The molecule has 0 aliphatic heterocycles. The molecule has 2 aromatic rings. The highest BCUT2D eigenvalue weighted by atomic mass is 35.5. The first-order chi connectivity index (χ1) is 7.28. The van der Waals surface area contributed by atoms with Crippen molar-refractivity contribution in [2.45, 2.75) is 25.6 Å². The van der Waals surface area contributed by atoms with Gasteiger partial charge in [0, 0.05) is 5.39 Å². The summed E-state index contributed by atoms with van der Waals surface area (Å²) in [5, 5.41) is 1.26. The molecule has 0 spiro atoms. The number of benzene rings is 1. The van der Waals surface area contributed by atoms with Crippen molar-refractivity contribution in [3.05, 3.63) is 34.8 Å². The van der Waals surface area contributed by atoms with E-state index in [1.54, 1.807) is 0 Å². The Hall–Kier alpha value is -1.15. The van der Waals surface area contributed by atoms with Crippen LogP contribution in [0.15, 0.2) is 12.1 Å². The topological polar surface area (TPSA) is 25.8 Å². The largest absolute Gasteiger partial charge is 0.236 e. The van der Waals surface area contributed by atoms with Crippen LogP contribution in [0.25, 0.3) is 10.9 Å². The number of halogens is 1. The van der Waals surface area contributed by atoms with Crippen LogP contribution in [0, 0.1) is 6.92 Å². The minimum Gasteiger partial charge on any atom is -0.236 e. The van der Waals surface area contributed by atoms with Gasteiger partial charge in [-0.3, -0.25) is 0 Å². The van der Waals surface area contributed by atoms with Gasteiger partial charge >= 0.3 is 0 Å². The Morgan fingerprint density at radius 2 is 2.13 bits per heavy atom. The number of hydrogen-bond donors (Lipinski definition) is 0. The normalized spacial score (nSPS) is 13.7. The first-order valence-corrected chi connectivity index (χ1v) is 5.66. The Morgan fingerprint density at radius 1 is 1.27 bits per heavy atom. The van der Waals surface area contributed by atoms with Crippen LogP contribution in [0.1, 0.15) is 22.6 Å². The van der Waals surface area contributed by atoms with Gasteiger partial charge in [0.25, 0.3) is 0 Å². The van der Waals surface area contributed by atoms with Crippen LogP contribution >= 0.6 is 11.6 Å². The van der Waals surface area contributed by atoms with Gasteiger partial charge in [0.15, 0.2) is 0 Å². The molecule has 0 N–H and O–H groups in total. The fourth-order valence-corrected chi connectivity index (χ4v) is 2.45. The minimum atomic E-state index is 0.395. The van der Waals surface area contributed by atoms with Crippen LogP contribution < -0.4 is 0 Å². The lowest BCUT2D eigenvalue weighted by molar-refractivity contribution is 0.940. The van der Waals surface area contributed by atoms with Gasteiger partial charge in [-0.1, -0.05) is 6.07 Å². The van der Waals surface area contributed by atoms with Gasteiger partial charge in [0.2, 0.25) is 0 Å². The van der Waals surface area contributed by atoms with Gasteiger partial charge in [-0.2, -0.15) is 0 Å². The summed E-state index contributed by atoms with van der Waals surface area (Å²) in [6.07, 6.45) is 2.12. The van der Waals surface area contributed by atoms with E-state index in [0.717, 1.165) is 24.2 Å². The molecule has 3 rings (SSSR count). The molecule has 0 radical (unpaired) electrons. The van der Waals surface area contributed by atoms with E-state index in [4.69, 9.17) is 11.6 Å². The number of aromatic nitrogens is 2. The molecular formula is C12H11ClN2. The Bertz CT molecular complexity index is 549. The number of nitrogens with zero attached hydrogens (tertiary/aromatic N) is 2. The van der Waals surface area contributed by atoms with Crippen molar-refractivity contribution < 1.29 is 0 Å². The summed E-state index contributed by atoms with van der Waals surface area (Å²) in [6.45, 7) is 2.11. The molecule has 1 heterocycles. The van der Waals surface area contributed by atoms with Crippen molar-refractivity contribution >= 4 is 22.5 Å². The molecule has 0 fully saturated rings. The van der Waals surface area contributed by atoms with Crippen molar-refractivity contribution in [3.63, 3.8) is 0 Å². The summed E-state index contributed by atoms with van der Waals surface area (Å²) in [5.41, 5.74) is 4.89. The first kappa shape index (κ1) is 9.10. The zero-order valence-corrected chi connectivity index (χ0v) is 9.30. The van der Waals surface area contributed by atoms with E-state index in [1.165, 1.54) is 22.2 Å². The van der Waals surface area contributed by atoms with E-state index in [9.17, 15) is 0 Å². The van der Waals surface area contributed by atoms with Crippen LogP contribution in [-0.2, 0) is 18.7 Å². The van der Waals surface area contributed by atoms with Crippen molar-refractivity contribution in [2.24, 2.45) is 0 Å². The highest BCUT2D eigenvalue weighted by Gasteiger charge is 2.17. The van der Waals surface area contributed by atoms with Crippen LogP contribution in [0.5, 0.6) is 0 Å². The van der Waals surface area contributed by atoms with Crippen molar-refractivity contribution in [1.82, 2.24) is 9.97 Å². The maximum absolute atomic E-state index is 5.79. The van der Waals surface area contributed by atoms with Crippen molar-refractivity contribution in [1.29, 1.82) is 0 Å². The quantitative estimate of drug-likeness (QED) is 0.688. The zero-order valence-electron chi connectivity index (χ0n) is 8.55. The first-order valence-electron chi connectivity index (χ1n) is 5.13. The molecule has 1 aromatic carbocycles. The lowest BCUT2D eigenvalue weighted by atomic mass is 10.1. The number of rotatable bonds is 1. The number of alkyl halides is 1. The SMILES string of the molecule is Cc1cc2c3c(nc(CCl)nc3c1)CC2. The van der Waals surface area contributed by atoms with Crippen molar-refractivity contribution in [2.75, 3.05) is 0 Å². The second kappa shape index (κ2) is 3.17. The maximum atomic E-state index is 5.79. The molecule has 0 bridgehead atoms. The van der Waals surface area contributed by atoms with Crippen LogP contribution in [0.3, 0.4) is 0 Å². The van der Waals surface area contributed by atoms with Gasteiger partial charge in [0.05, 0.1) is 17.1 Å². The fourth-order valence-electron chi connectivity index (χ4n) is 2.33. The second-order valence-corrected chi connectivity index (χ2v) is 4.31. The molecule has 2 nitrogen and oxygen atoms in total. The summed E-state index contributed by atoms with van der Waals surface area (Å²) in [6, 6.07) is 4.36. The lowest BCUT2D eigenvalue weighted by Gasteiger charge is -2.04. The summed E-state index contributed by atoms with van der Waals surface area (Å²) in [7, 11) is 0. The average Bonchev–Trinajstić information content (AvgIpc) is 2.62. The van der Waals surface area contributed by atoms with Crippen LogP contribution in [0.4, 0.5) is 0 Å². The third kappa shape index (κ3) is 1.32. The average molecular weight is 219 g/mol. The van der Waals surface area contributed by atoms with Gasteiger partial charge in [-0.15, -0.1) is 11.6 Å². The second-order valence-electron chi connectivity index (χ2n) is 4.04. The molecule has 0 amide bonds. The highest BCUT2D eigenvalue weighted by molar-refractivity contribution is 6.16. The molecule has 0 unspecified atom stereocenters. The summed E-state index contributed by atoms with van der Waals surface area (Å²) in [5.74, 6) is 1.14. The molecule has 15 heavy (non-hydrogen) atoms. The molecular weight excluding hydrogens is 208 g/mol. The Balaban J connectivity index is 2.41. The highest BCUT2D eigenvalue weighted by Crippen LogP contribution is 2.29. The minimum absolute atomic E-state index is 0.395. The van der Waals surface area contributed by atoms with E-state index in [-0.39, 0.29) is 0 Å². The Morgan fingerprint density at radius 3 is 2.93 bits per heavy atom. The van der Waals surface area contributed by atoms with Crippen LogP contribution in [0.2, 0.25) is 0 Å². The van der Waals surface area contributed by atoms with E-state index in [1.807, 2.05) is 0 Å². The molecule has 0 atom stereocenters. The van der Waals surface area contributed by atoms with Crippen LogP contribution in [-0.4, -0.2) is 9.97 Å². The van der Waals surface area contributed by atoms with E-state index >= 15 is 0 Å². The molecule has 1 aromatic heterocycles. The molecule has 1 aliphatic carbocycles. The molecule has 3 heteroatoms. The van der Waals surface area contributed by atoms with Gasteiger partial charge in [-0.05, 0) is 37.0 Å². The van der Waals surface area contributed by atoms with Gasteiger partial charge in [0.1, 0.15) is 5.82 Å². The van der Waals surface area contributed by atoms with E-state index in [2.05, 4.69) is 29.0 Å². The zero-order chi connectivity index (χ0) is 10.4. The monoisotopic (exact) mass is 218 g/mol. The predicted molar refractivity (Wildman–Crippen MR) is 61.2 cm³/mol. The third-order valence-electron chi connectivity index (χ3n) is 2.90. The standard InChI is InChI=1S/C12H11ClN2/c1-7-4-8-2-3-9-12(8)10(5-7)15-11(6-13)14-9/h4-5H,2-3,6H2,1H3. The summed E-state index contributed by atoms with van der Waals surface area (Å²) in [4.78, 5) is 8.95. The Labute approximate surface area is 93.3 Å². The summed E-state index contributed by atoms with van der Waals surface area (Å²) < 4.78 is 0. The molecule has 1 aliphatic rings. The maximum Gasteiger partial charge on any atom is 0.144 e. The van der Waals surface area contributed by atoms with Crippen molar-refractivity contribution in [3.8, 4) is 0 Å². The number of aryl methyl sites for hydroxylation is 3. The Kier molecular flexibility index (Phi) is 1.93. The summed E-state index contributed by atoms with van der Waals surface area (Å²) >= 11 is 5.79. The number of hydrogen-bond acceptors (Lipinski definition) is 2. The van der Waals surface area contributed by atoms with E-state index in [0.29, 0.717) is 5.88 Å². The van der Waals surface area contributed by atoms with Gasteiger partial charge in [-0.25, -0.2) is 9.97 Å². The predicted octanol–water partition coefficient (Wildman–Crippen LogP) is 2.78. The molecule has 0 saturated heterocycles. The van der Waals surface area contributed by atoms with Gasteiger partial charge < -0.3 is 0 Å². The van der Waals surface area contributed by atoms with E-state index < -0.39 is 0 Å². The fraction of sp³-hybridized carbons (Fsp3) is 0.333. The lowest BCUT2D eigenvalue weighted by Crippen LogP contribution is -1.96.